The minimum Gasteiger partial charge on any atom is -0.242 e. The summed E-state index contributed by atoms with van der Waals surface area (Å²) in [6.07, 6.45) is 0. The summed E-state index contributed by atoms with van der Waals surface area (Å²) < 4.78 is 1.84. The van der Waals surface area contributed by atoms with Gasteiger partial charge in [0.2, 0.25) is 0 Å². The molecule has 0 amide bonds. The molecule has 2 aromatic heterocycles. The monoisotopic (exact) mass is 248 g/mol. The van der Waals surface area contributed by atoms with Gasteiger partial charge >= 0.3 is 0 Å². The first-order valence-electron chi connectivity index (χ1n) is 5.31. The fourth-order valence-electron chi connectivity index (χ4n) is 1.71. The molecule has 2 rings (SSSR count). The maximum atomic E-state index is 8.93. The minimum atomic E-state index is -0.170. The maximum Gasteiger partial charge on any atom is 0.160 e. The molecule has 0 radical (unpaired) electrons. The Hall–Kier alpha value is -1.60. The van der Waals surface area contributed by atoms with Crippen LogP contribution in [0.2, 0.25) is 5.15 Å². The summed E-state index contributed by atoms with van der Waals surface area (Å²) in [5.74, 6) is 0. The van der Waals surface area contributed by atoms with Crippen molar-refractivity contribution in [1.29, 1.82) is 5.26 Å². The smallest absolute Gasteiger partial charge is 0.160 e. The highest BCUT2D eigenvalue weighted by Gasteiger charge is 2.21. The van der Waals surface area contributed by atoms with Crippen LogP contribution in [0.5, 0.6) is 0 Å². The first kappa shape index (κ1) is 11.9. The highest BCUT2D eigenvalue weighted by atomic mass is 35.5. The van der Waals surface area contributed by atoms with E-state index in [1.54, 1.807) is 6.07 Å². The van der Waals surface area contributed by atoms with Crippen LogP contribution < -0.4 is 0 Å². The van der Waals surface area contributed by atoms with Crippen LogP contribution in [0.4, 0.5) is 0 Å². The molecule has 17 heavy (non-hydrogen) atoms. The molecule has 0 fully saturated rings. The number of pyridine rings is 1. The summed E-state index contributed by atoms with van der Waals surface area (Å²) in [4.78, 5) is 4.28. The predicted octanol–water partition coefficient (Wildman–Crippen LogP) is 3.02. The molecule has 0 aliphatic heterocycles. The number of hydrogen-bond donors (Lipinski definition) is 0. The number of aryl methyl sites for hydroxylation is 1. The Bertz CT molecular complexity index is 628. The molecule has 0 saturated carbocycles. The second-order valence-corrected chi connectivity index (χ2v) is 5.34. The molecule has 0 atom stereocenters. The standard InChI is InChI=1S/C12H13ClN4/c1-7-9-5-8(6-14)10(13)15-11(9)17(16-7)12(2,3)4/h5H,1-4H3. The summed E-state index contributed by atoms with van der Waals surface area (Å²) in [5, 5.41) is 14.5. The molecule has 0 aliphatic carbocycles. The SMILES string of the molecule is Cc1nn(C(C)(C)C)c2nc(Cl)c(C#N)cc12. The average Bonchev–Trinajstić information content (AvgIpc) is 2.54. The number of fused-ring (bicyclic) bond motifs is 1. The van der Waals surface area contributed by atoms with Gasteiger partial charge in [-0.1, -0.05) is 11.6 Å². The predicted molar refractivity (Wildman–Crippen MR) is 67.0 cm³/mol. The van der Waals surface area contributed by atoms with Gasteiger partial charge in [-0.05, 0) is 33.8 Å². The molecular formula is C12H13ClN4. The van der Waals surface area contributed by atoms with E-state index in [2.05, 4.69) is 10.1 Å². The second-order valence-electron chi connectivity index (χ2n) is 4.98. The van der Waals surface area contributed by atoms with Crippen molar-refractivity contribution in [2.75, 3.05) is 0 Å². The zero-order valence-electron chi connectivity index (χ0n) is 10.2. The van der Waals surface area contributed by atoms with Crippen LogP contribution in [0, 0.1) is 18.3 Å². The largest absolute Gasteiger partial charge is 0.242 e. The van der Waals surface area contributed by atoms with E-state index in [1.165, 1.54) is 0 Å². The zero-order valence-corrected chi connectivity index (χ0v) is 11.0. The maximum absolute atomic E-state index is 8.93. The summed E-state index contributed by atoms with van der Waals surface area (Å²) in [5.41, 5.74) is 1.79. The summed E-state index contributed by atoms with van der Waals surface area (Å²) in [7, 11) is 0. The third-order valence-electron chi connectivity index (χ3n) is 2.55. The molecule has 88 valence electrons. The van der Waals surface area contributed by atoms with Crippen molar-refractivity contribution in [3.8, 4) is 6.07 Å². The Morgan fingerprint density at radius 3 is 2.59 bits per heavy atom. The van der Waals surface area contributed by atoms with Crippen molar-refractivity contribution in [3.63, 3.8) is 0 Å². The molecule has 2 heterocycles. The Balaban J connectivity index is 2.85. The summed E-state index contributed by atoms with van der Waals surface area (Å²) in [6, 6.07) is 3.78. The quantitative estimate of drug-likeness (QED) is 0.674. The second kappa shape index (κ2) is 3.71. The fourth-order valence-corrected chi connectivity index (χ4v) is 1.88. The molecule has 0 bridgehead atoms. The number of nitrogens with zero attached hydrogens (tertiary/aromatic N) is 4. The Kier molecular flexibility index (Phi) is 2.59. The van der Waals surface area contributed by atoms with Gasteiger partial charge in [0.25, 0.3) is 0 Å². The van der Waals surface area contributed by atoms with Crippen molar-refractivity contribution in [3.05, 3.63) is 22.5 Å². The lowest BCUT2D eigenvalue weighted by atomic mass is 10.1. The molecule has 0 aromatic carbocycles. The van der Waals surface area contributed by atoms with E-state index >= 15 is 0 Å². The van der Waals surface area contributed by atoms with Crippen LogP contribution in [-0.2, 0) is 5.54 Å². The van der Waals surface area contributed by atoms with Crippen molar-refractivity contribution in [2.24, 2.45) is 0 Å². The van der Waals surface area contributed by atoms with Gasteiger partial charge in [0.15, 0.2) is 5.65 Å². The van der Waals surface area contributed by atoms with Gasteiger partial charge in [-0.25, -0.2) is 9.67 Å². The van der Waals surface area contributed by atoms with Crippen LogP contribution in [0.3, 0.4) is 0 Å². The van der Waals surface area contributed by atoms with Gasteiger partial charge in [0.05, 0.1) is 16.8 Å². The van der Waals surface area contributed by atoms with E-state index in [0.29, 0.717) is 5.56 Å². The van der Waals surface area contributed by atoms with Gasteiger partial charge in [-0.3, -0.25) is 0 Å². The number of halogens is 1. The van der Waals surface area contributed by atoms with E-state index in [9.17, 15) is 0 Å². The molecule has 2 aromatic rings. The fraction of sp³-hybridized carbons (Fsp3) is 0.417. The van der Waals surface area contributed by atoms with Gasteiger partial charge in [-0.15, -0.1) is 0 Å². The van der Waals surface area contributed by atoms with Crippen molar-refractivity contribution in [1.82, 2.24) is 14.8 Å². The summed E-state index contributed by atoms with van der Waals surface area (Å²) >= 11 is 5.96. The van der Waals surface area contributed by atoms with Gasteiger partial charge in [-0.2, -0.15) is 10.4 Å². The number of nitriles is 1. The molecule has 4 nitrogen and oxygen atoms in total. The highest BCUT2D eigenvalue weighted by molar-refractivity contribution is 6.31. The van der Waals surface area contributed by atoms with Crippen LogP contribution in [0.25, 0.3) is 11.0 Å². The first-order chi connectivity index (χ1) is 7.84. The molecule has 0 aliphatic rings. The lowest BCUT2D eigenvalue weighted by Crippen LogP contribution is -2.23. The van der Waals surface area contributed by atoms with E-state index in [0.717, 1.165) is 16.7 Å². The van der Waals surface area contributed by atoms with Gasteiger partial charge < -0.3 is 0 Å². The van der Waals surface area contributed by atoms with Crippen LogP contribution in [-0.4, -0.2) is 14.8 Å². The molecular weight excluding hydrogens is 236 g/mol. The third-order valence-corrected chi connectivity index (χ3v) is 2.84. The Morgan fingerprint density at radius 2 is 2.06 bits per heavy atom. The van der Waals surface area contributed by atoms with Crippen molar-refractivity contribution in [2.45, 2.75) is 33.2 Å². The topological polar surface area (TPSA) is 54.5 Å². The van der Waals surface area contributed by atoms with E-state index < -0.39 is 0 Å². The van der Waals surface area contributed by atoms with Gasteiger partial charge in [0.1, 0.15) is 11.2 Å². The molecule has 5 heteroatoms. The highest BCUT2D eigenvalue weighted by Crippen LogP contribution is 2.26. The normalized spacial score (nSPS) is 11.8. The average molecular weight is 249 g/mol. The minimum absolute atomic E-state index is 0.170. The zero-order chi connectivity index (χ0) is 12.8. The van der Waals surface area contributed by atoms with E-state index in [-0.39, 0.29) is 10.7 Å². The number of hydrogen-bond acceptors (Lipinski definition) is 3. The van der Waals surface area contributed by atoms with Crippen LogP contribution in [0.15, 0.2) is 6.07 Å². The van der Waals surface area contributed by atoms with Crippen LogP contribution in [0.1, 0.15) is 32.0 Å². The summed E-state index contributed by atoms with van der Waals surface area (Å²) in [6.45, 7) is 8.05. The first-order valence-corrected chi connectivity index (χ1v) is 5.69. The van der Waals surface area contributed by atoms with Crippen molar-refractivity contribution < 1.29 is 0 Å². The number of aromatic nitrogens is 3. The third kappa shape index (κ3) is 1.87. The number of rotatable bonds is 0. The molecule has 0 unspecified atom stereocenters. The Morgan fingerprint density at radius 1 is 1.41 bits per heavy atom. The lowest BCUT2D eigenvalue weighted by Gasteiger charge is -2.19. The molecule has 0 N–H and O–H groups in total. The molecule has 0 spiro atoms. The lowest BCUT2D eigenvalue weighted by molar-refractivity contribution is 0.364. The van der Waals surface area contributed by atoms with Gasteiger partial charge in [0, 0.05) is 5.39 Å². The Labute approximate surface area is 105 Å². The van der Waals surface area contributed by atoms with Crippen molar-refractivity contribution >= 4 is 22.6 Å². The van der Waals surface area contributed by atoms with E-state index in [1.807, 2.05) is 38.4 Å². The van der Waals surface area contributed by atoms with Crippen LogP contribution >= 0.6 is 11.6 Å². The molecule has 0 saturated heterocycles. The van der Waals surface area contributed by atoms with E-state index in [4.69, 9.17) is 16.9 Å².